The smallest absolute Gasteiger partial charge is 0.410 e. The minimum absolute atomic E-state index is 0.0712. The Morgan fingerprint density at radius 3 is 2.24 bits per heavy atom. The monoisotopic (exact) mass is 354 g/mol. The lowest BCUT2D eigenvalue weighted by Crippen LogP contribution is -2.53. The number of hydrogen-bond acceptors (Lipinski definition) is 4. The molecule has 0 radical (unpaired) electrons. The molecule has 1 atom stereocenters. The number of piperidine rings is 2. The highest BCUT2D eigenvalue weighted by Crippen LogP contribution is 2.29. The number of carbonyl (C=O) groups is 2. The van der Waals surface area contributed by atoms with Crippen LogP contribution in [-0.2, 0) is 14.3 Å². The molecule has 0 aromatic rings. The number of likely N-dealkylation sites (tertiary alicyclic amines) is 2. The van der Waals surface area contributed by atoms with Crippen molar-refractivity contribution in [1.82, 2.24) is 9.80 Å². The molecule has 25 heavy (non-hydrogen) atoms. The second-order valence-corrected chi connectivity index (χ2v) is 8.27. The maximum absolute atomic E-state index is 12.4. The van der Waals surface area contributed by atoms with E-state index < -0.39 is 11.2 Å². The third-order valence-electron chi connectivity index (χ3n) is 5.05. The Morgan fingerprint density at radius 1 is 1.00 bits per heavy atom. The van der Waals surface area contributed by atoms with Gasteiger partial charge >= 0.3 is 6.09 Å². The highest BCUT2D eigenvalue weighted by molar-refractivity contribution is 5.77. The minimum atomic E-state index is -0.505. The third-order valence-corrected chi connectivity index (χ3v) is 5.05. The maximum Gasteiger partial charge on any atom is 0.410 e. The van der Waals surface area contributed by atoms with Gasteiger partial charge in [0.25, 0.3) is 0 Å². The van der Waals surface area contributed by atoms with Gasteiger partial charge in [0.1, 0.15) is 12.2 Å². The summed E-state index contributed by atoms with van der Waals surface area (Å²) in [5.74, 6) is 0.0712. The standard InChI is InChI=1S/C19H34N2O4/c1-5-19(24-14-16(22)20-11-7-6-8-12-20)10-9-13-21(15-19)17(23)25-18(2,3)4/h5-15H2,1-4H3. The predicted molar refractivity (Wildman–Crippen MR) is 96.4 cm³/mol. The van der Waals surface area contributed by atoms with E-state index in [1.54, 1.807) is 4.90 Å². The van der Waals surface area contributed by atoms with Crippen molar-refractivity contribution < 1.29 is 19.1 Å². The molecule has 0 aromatic heterocycles. The quantitative estimate of drug-likeness (QED) is 0.778. The Morgan fingerprint density at radius 2 is 1.64 bits per heavy atom. The molecule has 6 nitrogen and oxygen atoms in total. The minimum Gasteiger partial charge on any atom is -0.444 e. The molecule has 1 unspecified atom stereocenters. The first-order valence-corrected chi connectivity index (χ1v) is 9.64. The number of hydrogen-bond donors (Lipinski definition) is 0. The van der Waals surface area contributed by atoms with Crippen molar-refractivity contribution in [3.8, 4) is 0 Å². The number of nitrogens with zero attached hydrogens (tertiary/aromatic N) is 2. The highest BCUT2D eigenvalue weighted by atomic mass is 16.6. The summed E-state index contributed by atoms with van der Waals surface area (Å²) in [4.78, 5) is 28.4. The van der Waals surface area contributed by atoms with Crippen LogP contribution in [0.25, 0.3) is 0 Å². The lowest BCUT2D eigenvalue weighted by molar-refractivity contribution is -0.149. The molecule has 2 aliphatic heterocycles. The van der Waals surface area contributed by atoms with Crippen molar-refractivity contribution in [1.29, 1.82) is 0 Å². The summed E-state index contributed by atoms with van der Waals surface area (Å²) in [6, 6.07) is 0. The first kappa shape index (κ1) is 20.0. The molecule has 0 aromatic carbocycles. The molecule has 2 heterocycles. The summed E-state index contributed by atoms with van der Waals surface area (Å²) in [5, 5.41) is 0. The summed E-state index contributed by atoms with van der Waals surface area (Å²) in [6.07, 6.45) is 5.58. The van der Waals surface area contributed by atoms with Gasteiger partial charge in [0, 0.05) is 19.6 Å². The number of rotatable bonds is 4. The fourth-order valence-electron chi connectivity index (χ4n) is 3.54. The van der Waals surface area contributed by atoms with Crippen LogP contribution in [0.4, 0.5) is 4.79 Å². The zero-order valence-corrected chi connectivity index (χ0v) is 16.3. The van der Waals surface area contributed by atoms with Crippen molar-refractivity contribution in [2.45, 2.75) is 77.4 Å². The number of amides is 2. The van der Waals surface area contributed by atoms with Crippen LogP contribution in [-0.4, -0.2) is 65.8 Å². The third kappa shape index (κ3) is 5.87. The van der Waals surface area contributed by atoms with Crippen molar-refractivity contribution in [2.75, 3.05) is 32.8 Å². The molecule has 2 aliphatic rings. The van der Waals surface area contributed by atoms with E-state index in [9.17, 15) is 9.59 Å². The average Bonchev–Trinajstić information content (AvgIpc) is 2.59. The second kappa shape index (κ2) is 8.39. The van der Waals surface area contributed by atoms with Gasteiger partial charge in [0.05, 0.1) is 12.1 Å². The lowest BCUT2D eigenvalue weighted by atomic mass is 9.90. The fourth-order valence-corrected chi connectivity index (χ4v) is 3.54. The van der Waals surface area contributed by atoms with Gasteiger partial charge < -0.3 is 19.3 Å². The Kier molecular flexibility index (Phi) is 6.72. The summed E-state index contributed by atoms with van der Waals surface area (Å²) < 4.78 is 11.6. The first-order chi connectivity index (χ1) is 11.7. The molecule has 0 spiro atoms. The zero-order valence-electron chi connectivity index (χ0n) is 16.3. The molecule has 2 amide bonds. The normalized spacial score (nSPS) is 25.0. The molecule has 0 N–H and O–H groups in total. The van der Waals surface area contributed by atoms with Gasteiger partial charge in [-0.3, -0.25) is 4.79 Å². The van der Waals surface area contributed by atoms with Gasteiger partial charge in [-0.05, 0) is 59.3 Å². The summed E-state index contributed by atoms with van der Waals surface area (Å²) in [7, 11) is 0. The van der Waals surface area contributed by atoms with Crippen molar-refractivity contribution in [3.63, 3.8) is 0 Å². The second-order valence-electron chi connectivity index (χ2n) is 8.27. The highest BCUT2D eigenvalue weighted by Gasteiger charge is 2.38. The molecule has 2 saturated heterocycles. The van der Waals surface area contributed by atoms with E-state index >= 15 is 0 Å². The van der Waals surface area contributed by atoms with E-state index in [1.807, 2.05) is 25.7 Å². The van der Waals surface area contributed by atoms with Crippen LogP contribution >= 0.6 is 0 Å². The van der Waals surface area contributed by atoms with E-state index in [2.05, 4.69) is 6.92 Å². The molecule has 0 saturated carbocycles. The largest absolute Gasteiger partial charge is 0.444 e. The first-order valence-electron chi connectivity index (χ1n) is 9.64. The lowest BCUT2D eigenvalue weighted by Gasteiger charge is -2.42. The van der Waals surface area contributed by atoms with E-state index in [0.29, 0.717) is 13.1 Å². The van der Waals surface area contributed by atoms with Gasteiger partial charge in [0.2, 0.25) is 5.91 Å². The van der Waals surface area contributed by atoms with Crippen molar-refractivity contribution in [3.05, 3.63) is 0 Å². The Balaban J connectivity index is 1.91. The average molecular weight is 354 g/mol. The van der Waals surface area contributed by atoms with E-state index in [-0.39, 0.29) is 18.6 Å². The van der Waals surface area contributed by atoms with Gasteiger partial charge in [-0.1, -0.05) is 6.92 Å². The Labute approximate surface area is 151 Å². The van der Waals surface area contributed by atoms with E-state index in [0.717, 1.165) is 45.2 Å². The molecule has 0 bridgehead atoms. The van der Waals surface area contributed by atoms with Gasteiger partial charge in [0.15, 0.2) is 0 Å². The van der Waals surface area contributed by atoms with Crippen molar-refractivity contribution in [2.24, 2.45) is 0 Å². The molecular weight excluding hydrogens is 320 g/mol. The van der Waals surface area contributed by atoms with Crippen LogP contribution in [0, 0.1) is 0 Å². The summed E-state index contributed by atoms with van der Waals surface area (Å²) in [5.41, 5.74) is -0.949. The van der Waals surface area contributed by atoms with Crippen LogP contribution in [0.1, 0.15) is 66.2 Å². The van der Waals surface area contributed by atoms with Crippen molar-refractivity contribution >= 4 is 12.0 Å². The van der Waals surface area contributed by atoms with E-state index in [1.165, 1.54) is 6.42 Å². The zero-order chi connectivity index (χ0) is 18.5. The topological polar surface area (TPSA) is 59.1 Å². The maximum atomic E-state index is 12.4. The Hall–Kier alpha value is -1.30. The van der Waals surface area contributed by atoms with Gasteiger partial charge in [-0.25, -0.2) is 4.79 Å². The SMILES string of the molecule is CCC1(OCC(=O)N2CCCCC2)CCCN(C(=O)OC(C)(C)C)C1. The summed E-state index contributed by atoms with van der Waals surface area (Å²) in [6.45, 7) is 10.6. The molecule has 0 aliphatic carbocycles. The van der Waals surface area contributed by atoms with Crippen LogP contribution in [0.15, 0.2) is 0 Å². The fraction of sp³-hybridized carbons (Fsp3) is 0.895. The summed E-state index contributed by atoms with van der Waals surface area (Å²) >= 11 is 0. The number of ether oxygens (including phenoxy) is 2. The molecule has 2 rings (SSSR count). The van der Waals surface area contributed by atoms with Crippen LogP contribution < -0.4 is 0 Å². The van der Waals surface area contributed by atoms with Gasteiger partial charge in [-0.2, -0.15) is 0 Å². The molecular formula is C19H34N2O4. The molecule has 144 valence electrons. The van der Waals surface area contributed by atoms with E-state index in [4.69, 9.17) is 9.47 Å². The Bertz CT molecular complexity index is 469. The van der Waals surface area contributed by atoms with Gasteiger partial charge in [-0.15, -0.1) is 0 Å². The van der Waals surface area contributed by atoms with Crippen LogP contribution in [0.5, 0.6) is 0 Å². The number of carbonyl (C=O) groups excluding carboxylic acids is 2. The molecule has 6 heteroatoms. The predicted octanol–water partition coefficient (Wildman–Crippen LogP) is 3.20. The molecule has 2 fully saturated rings. The van der Waals surface area contributed by atoms with Crippen LogP contribution in [0.3, 0.4) is 0 Å². The van der Waals surface area contributed by atoms with Crippen LogP contribution in [0.2, 0.25) is 0 Å².